The number of rotatable bonds is 9. The molecule has 5 atom stereocenters. The summed E-state index contributed by atoms with van der Waals surface area (Å²) in [5.74, 6) is -0.0517. The minimum Gasteiger partial charge on any atom is -0.491 e. The molecule has 1 saturated carbocycles. The third-order valence-electron chi connectivity index (χ3n) is 9.18. The van der Waals surface area contributed by atoms with Crippen LogP contribution in [0.3, 0.4) is 0 Å². The monoisotopic (exact) mass is 600 g/mol. The predicted molar refractivity (Wildman–Crippen MR) is 156 cm³/mol. The maximum atomic E-state index is 13.2. The number of esters is 1. The van der Waals surface area contributed by atoms with Crippen molar-refractivity contribution >= 4 is 22.6 Å². The van der Waals surface area contributed by atoms with Gasteiger partial charge < -0.3 is 18.3 Å². The SMILES string of the molecule is CC(C)(C)[Si](C)(C)OC1CC2OC(=O)CC2C1/C=C/[C@H](COc1cccc(C(F)(F)F)c1)O[Si](C)(C)C(C)(C)C. The summed E-state index contributed by atoms with van der Waals surface area (Å²) in [7, 11) is -4.35. The molecule has 2 fully saturated rings. The number of carbonyl (C=O) groups is 1. The Morgan fingerprint density at radius 1 is 1.02 bits per heavy atom. The maximum Gasteiger partial charge on any atom is 0.416 e. The average Bonchev–Trinajstić information content (AvgIpc) is 3.28. The molecule has 0 aromatic heterocycles. The van der Waals surface area contributed by atoms with Crippen LogP contribution >= 0.6 is 0 Å². The van der Waals surface area contributed by atoms with E-state index in [-0.39, 0.29) is 52.4 Å². The minimum atomic E-state index is -4.45. The highest BCUT2D eigenvalue weighted by Gasteiger charge is 2.52. The molecule has 1 aromatic rings. The van der Waals surface area contributed by atoms with Crippen molar-refractivity contribution in [2.75, 3.05) is 6.61 Å². The summed E-state index contributed by atoms with van der Waals surface area (Å²) >= 11 is 0. The van der Waals surface area contributed by atoms with Crippen molar-refractivity contribution in [2.45, 2.75) is 115 Å². The van der Waals surface area contributed by atoms with Gasteiger partial charge in [-0.1, -0.05) is 59.8 Å². The molecule has 40 heavy (non-hydrogen) atoms. The second kappa shape index (κ2) is 11.6. The Labute approximate surface area is 240 Å². The Kier molecular flexibility index (Phi) is 9.51. The van der Waals surface area contributed by atoms with Crippen LogP contribution in [0.15, 0.2) is 36.4 Å². The molecular formula is C30H47F3O5Si2. The van der Waals surface area contributed by atoms with Gasteiger partial charge in [-0.15, -0.1) is 0 Å². The summed E-state index contributed by atoms with van der Waals surface area (Å²) in [6, 6.07) is 4.91. The fraction of sp³-hybridized carbons (Fsp3) is 0.700. The number of fused-ring (bicyclic) bond motifs is 1. The lowest BCUT2D eigenvalue weighted by Crippen LogP contribution is -2.45. The van der Waals surface area contributed by atoms with E-state index in [1.54, 1.807) is 0 Å². The van der Waals surface area contributed by atoms with Crippen molar-refractivity contribution in [1.29, 1.82) is 0 Å². The van der Waals surface area contributed by atoms with Crippen molar-refractivity contribution in [3.63, 3.8) is 0 Å². The van der Waals surface area contributed by atoms with E-state index in [2.05, 4.69) is 73.8 Å². The van der Waals surface area contributed by atoms with Gasteiger partial charge in [-0.25, -0.2) is 0 Å². The number of benzene rings is 1. The summed E-state index contributed by atoms with van der Waals surface area (Å²) in [4.78, 5) is 12.1. The first-order valence-corrected chi connectivity index (χ1v) is 20.0. The molecule has 0 amide bonds. The Bertz CT molecular complexity index is 1070. The van der Waals surface area contributed by atoms with Gasteiger partial charge in [0.1, 0.15) is 18.5 Å². The van der Waals surface area contributed by atoms with Crippen LogP contribution in [0.4, 0.5) is 13.2 Å². The van der Waals surface area contributed by atoms with Crippen LogP contribution in [-0.2, 0) is 24.6 Å². The first kappa shape index (κ1) is 32.9. The van der Waals surface area contributed by atoms with E-state index in [1.165, 1.54) is 12.1 Å². The molecule has 1 aliphatic heterocycles. The second-order valence-electron chi connectivity index (χ2n) is 14.3. The lowest BCUT2D eigenvalue weighted by molar-refractivity contribution is -0.142. The van der Waals surface area contributed by atoms with Gasteiger partial charge in [0.15, 0.2) is 16.6 Å². The topological polar surface area (TPSA) is 54.0 Å². The smallest absolute Gasteiger partial charge is 0.416 e. The van der Waals surface area contributed by atoms with E-state index < -0.39 is 34.5 Å². The second-order valence-corrected chi connectivity index (χ2v) is 23.8. The van der Waals surface area contributed by atoms with Crippen molar-refractivity contribution in [3.05, 3.63) is 42.0 Å². The Hall–Kier alpha value is -1.63. The van der Waals surface area contributed by atoms with Crippen LogP contribution in [0.1, 0.15) is 59.9 Å². The molecular weight excluding hydrogens is 553 g/mol. The highest BCUT2D eigenvalue weighted by atomic mass is 28.4. The molecule has 1 heterocycles. The molecule has 226 valence electrons. The van der Waals surface area contributed by atoms with Crippen LogP contribution in [-0.4, -0.2) is 47.5 Å². The summed E-state index contributed by atoms with van der Waals surface area (Å²) in [6.07, 6.45) is -0.131. The van der Waals surface area contributed by atoms with Crippen LogP contribution in [0, 0.1) is 11.8 Å². The van der Waals surface area contributed by atoms with Gasteiger partial charge in [0.05, 0.1) is 24.2 Å². The molecule has 0 radical (unpaired) electrons. The lowest BCUT2D eigenvalue weighted by atomic mass is 9.91. The van der Waals surface area contributed by atoms with Gasteiger partial charge in [0.2, 0.25) is 0 Å². The lowest BCUT2D eigenvalue weighted by Gasteiger charge is -2.40. The molecule has 1 aliphatic carbocycles. The molecule has 0 spiro atoms. The zero-order valence-electron chi connectivity index (χ0n) is 25.6. The molecule has 3 rings (SSSR count). The summed E-state index contributed by atoms with van der Waals surface area (Å²) in [6.45, 7) is 21.8. The molecule has 10 heteroatoms. The van der Waals surface area contributed by atoms with E-state index in [9.17, 15) is 18.0 Å². The molecule has 5 nitrogen and oxygen atoms in total. The maximum absolute atomic E-state index is 13.2. The van der Waals surface area contributed by atoms with E-state index in [4.69, 9.17) is 18.3 Å². The van der Waals surface area contributed by atoms with Crippen molar-refractivity contribution < 1.29 is 36.3 Å². The highest BCUT2D eigenvalue weighted by molar-refractivity contribution is 6.74. The van der Waals surface area contributed by atoms with E-state index in [1.807, 2.05) is 6.08 Å². The fourth-order valence-electron chi connectivity index (χ4n) is 4.72. The Morgan fingerprint density at radius 3 is 2.23 bits per heavy atom. The van der Waals surface area contributed by atoms with Crippen LogP contribution < -0.4 is 4.74 Å². The van der Waals surface area contributed by atoms with Crippen molar-refractivity contribution in [3.8, 4) is 5.75 Å². The molecule has 0 bridgehead atoms. The largest absolute Gasteiger partial charge is 0.491 e. The molecule has 1 aromatic carbocycles. The van der Waals surface area contributed by atoms with E-state index in [0.29, 0.717) is 12.8 Å². The molecule has 4 unspecified atom stereocenters. The third kappa shape index (κ3) is 7.80. The number of halogens is 3. The normalized spacial score (nSPS) is 25.3. The minimum absolute atomic E-state index is 0.0245. The number of ether oxygens (including phenoxy) is 2. The van der Waals surface area contributed by atoms with E-state index in [0.717, 1.165) is 12.1 Å². The first-order valence-electron chi connectivity index (χ1n) is 14.1. The first-order chi connectivity index (χ1) is 18.1. The Balaban J connectivity index is 1.87. The van der Waals surface area contributed by atoms with Gasteiger partial charge in [-0.2, -0.15) is 13.2 Å². The average molecular weight is 601 g/mol. The number of alkyl halides is 3. The van der Waals surface area contributed by atoms with Crippen molar-refractivity contribution in [2.24, 2.45) is 11.8 Å². The van der Waals surface area contributed by atoms with Gasteiger partial charge in [-0.3, -0.25) is 4.79 Å². The quantitative estimate of drug-likeness (QED) is 0.162. The zero-order valence-corrected chi connectivity index (χ0v) is 27.6. The van der Waals surface area contributed by atoms with Crippen molar-refractivity contribution in [1.82, 2.24) is 0 Å². The summed E-state index contributed by atoms with van der Waals surface area (Å²) in [5.41, 5.74) is -0.754. The highest BCUT2D eigenvalue weighted by Crippen LogP contribution is 2.47. The third-order valence-corrected chi connectivity index (χ3v) is 18.2. The summed E-state index contributed by atoms with van der Waals surface area (Å²) < 4.78 is 64.8. The van der Waals surface area contributed by atoms with Crippen LogP contribution in [0.2, 0.25) is 36.3 Å². The van der Waals surface area contributed by atoms with Gasteiger partial charge in [0.25, 0.3) is 0 Å². The summed E-state index contributed by atoms with van der Waals surface area (Å²) in [5, 5.41) is -0.0458. The fourth-order valence-corrected chi connectivity index (χ4v) is 7.34. The zero-order chi connectivity index (χ0) is 30.3. The number of carbonyl (C=O) groups excluding carboxylic acids is 1. The number of hydrogen-bond acceptors (Lipinski definition) is 5. The van der Waals surface area contributed by atoms with Gasteiger partial charge in [-0.05, 0) is 54.5 Å². The molecule has 2 aliphatic rings. The molecule has 1 saturated heterocycles. The number of hydrogen-bond donors (Lipinski definition) is 0. The standard InChI is InChI=1S/C30H47F3O5Si2/c1-28(2,3)39(7,8)37-22(19-35-21-13-11-12-20(16-21)30(31,32)33)14-15-23-24-17-27(34)36-25(24)18-26(23)38-40(9,10)29(4,5)6/h11-16,22-26H,17-19H2,1-10H3/b15-14+/t22-,23?,24?,25?,26?/m1/s1. The van der Waals surface area contributed by atoms with Crippen LogP contribution in [0.5, 0.6) is 5.75 Å². The Morgan fingerprint density at radius 2 is 1.65 bits per heavy atom. The van der Waals surface area contributed by atoms with Gasteiger partial charge >= 0.3 is 12.1 Å². The molecule has 0 N–H and O–H groups in total. The predicted octanol–water partition coefficient (Wildman–Crippen LogP) is 8.37. The van der Waals surface area contributed by atoms with Gasteiger partial charge in [0, 0.05) is 18.3 Å². The van der Waals surface area contributed by atoms with E-state index >= 15 is 0 Å². The van der Waals surface area contributed by atoms with Crippen LogP contribution in [0.25, 0.3) is 0 Å².